The molecule has 0 radical (unpaired) electrons. The summed E-state index contributed by atoms with van der Waals surface area (Å²) in [6.45, 7) is -0.222. The predicted octanol–water partition coefficient (Wildman–Crippen LogP) is 1.19. The largest absolute Gasteiger partial charge is 0.508 e. The topological polar surface area (TPSA) is 81.1 Å². The van der Waals surface area contributed by atoms with Crippen LogP contribution in [0.3, 0.4) is 0 Å². The van der Waals surface area contributed by atoms with Gasteiger partial charge in [-0.05, 0) is 30.5 Å². The molecular weight excluding hydrogens is 341 g/mol. The first-order chi connectivity index (χ1) is 11.6. The van der Waals surface area contributed by atoms with Crippen molar-refractivity contribution in [2.24, 2.45) is 0 Å². The number of hydrogen-bond acceptors (Lipinski definition) is 4. The van der Waals surface area contributed by atoms with Crippen molar-refractivity contribution >= 4 is 11.8 Å². The van der Waals surface area contributed by atoms with Crippen molar-refractivity contribution in [3.63, 3.8) is 0 Å². The van der Waals surface area contributed by atoms with Crippen molar-refractivity contribution in [1.29, 1.82) is 0 Å². The molecule has 2 N–H and O–H groups in total. The number of carbonyl (C=O) groups is 2. The number of halogens is 3. The maximum atomic E-state index is 13.0. The summed E-state index contributed by atoms with van der Waals surface area (Å²) < 4.78 is 39.1. The summed E-state index contributed by atoms with van der Waals surface area (Å²) in [5.41, 5.74) is -1.51. The minimum atomic E-state index is -5.12. The Morgan fingerprint density at radius 3 is 2.64 bits per heavy atom. The number of carbonyl (C=O) groups excluding carboxylic acids is 2. The quantitative estimate of drug-likeness (QED) is 0.790. The van der Waals surface area contributed by atoms with E-state index in [-0.39, 0.29) is 25.1 Å². The molecule has 0 saturated carbocycles. The molecule has 0 aliphatic carbocycles. The second-order valence-electron chi connectivity index (χ2n) is 6.38. The van der Waals surface area contributed by atoms with Gasteiger partial charge in [-0.3, -0.25) is 9.59 Å². The molecule has 0 unspecified atom stereocenters. The van der Waals surface area contributed by atoms with Crippen molar-refractivity contribution in [3.8, 4) is 5.75 Å². The molecule has 2 amide bonds. The first-order valence-electron chi connectivity index (χ1n) is 7.74. The highest BCUT2D eigenvalue weighted by Crippen LogP contribution is 2.51. The van der Waals surface area contributed by atoms with E-state index in [1.165, 1.54) is 31.3 Å². The lowest BCUT2D eigenvalue weighted by Gasteiger charge is -2.38. The number of nitrogens with zero attached hydrogens (tertiary/aromatic N) is 2. The van der Waals surface area contributed by atoms with E-state index >= 15 is 0 Å². The van der Waals surface area contributed by atoms with Crippen molar-refractivity contribution < 1.29 is 33.0 Å². The van der Waals surface area contributed by atoms with Gasteiger partial charge >= 0.3 is 12.1 Å². The standard InChI is InChI=1S/C16H17F3N2O4/c1-20-12(23)11(9-4-2-5-10(22)8-9)15(13(20)24)6-3-7-21(15)14(25)16(17,18)19/h2,4-5,8,11-12,22-23H,3,6-7H2,1H3/t11-,12-,15-/m0/s1. The number of amides is 2. The van der Waals surface area contributed by atoms with Gasteiger partial charge in [0.25, 0.3) is 5.91 Å². The molecule has 2 fully saturated rings. The maximum absolute atomic E-state index is 13.0. The summed E-state index contributed by atoms with van der Waals surface area (Å²) in [6.07, 6.45) is -6.30. The van der Waals surface area contributed by atoms with Gasteiger partial charge in [0.05, 0.1) is 5.92 Å². The zero-order chi connectivity index (χ0) is 18.6. The molecule has 2 aliphatic heterocycles. The summed E-state index contributed by atoms with van der Waals surface area (Å²) in [5, 5.41) is 20.2. The van der Waals surface area contributed by atoms with Crippen LogP contribution in [0.25, 0.3) is 0 Å². The molecule has 25 heavy (non-hydrogen) atoms. The molecule has 6 nitrogen and oxygen atoms in total. The van der Waals surface area contributed by atoms with Crippen LogP contribution in [0.4, 0.5) is 13.2 Å². The molecule has 3 atom stereocenters. The zero-order valence-electron chi connectivity index (χ0n) is 13.3. The van der Waals surface area contributed by atoms with Crippen molar-refractivity contribution in [1.82, 2.24) is 9.80 Å². The lowest BCUT2D eigenvalue weighted by molar-refractivity contribution is -0.190. The van der Waals surface area contributed by atoms with Gasteiger partial charge in [0.1, 0.15) is 17.5 Å². The molecule has 1 spiro atoms. The zero-order valence-corrected chi connectivity index (χ0v) is 13.3. The second kappa shape index (κ2) is 5.62. The number of rotatable bonds is 1. The van der Waals surface area contributed by atoms with E-state index < -0.39 is 35.7 Å². The van der Waals surface area contributed by atoms with Crippen LogP contribution in [0.1, 0.15) is 24.3 Å². The van der Waals surface area contributed by atoms with E-state index in [9.17, 15) is 33.0 Å². The van der Waals surface area contributed by atoms with E-state index in [2.05, 4.69) is 0 Å². The van der Waals surface area contributed by atoms with Crippen LogP contribution >= 0.6 is 0 Å². The summed E-state index contributed by atoms with van der Waals surface area (Å²) in [4.78, 5) is 26.2. The van der Waals surface area contributed by atoms with Crippen LogP contribution in [0.2, 0.25) is 0 Å². The molecule has 9 heteroatoms. The lowest BCUT2D eigenvalue weighted by Crippen LogP contribution is -2.58. The third-order valence-electron chi connectivity index (χ3n) is 5.04. The Bertz CT molecular complexity index is 724. The van der Waals surface area contributed by atoms with Crippen molar-refractivity contribution in [2.75, 3.05) is 13.6 Å². The Hall–Kier alpha value is -2.29. The second-order valence-corrected chi connectivity index (χ2v) is 6.38. The van der Waals surface area contributed by atoms with E-state index in [1.54, 1.807) is 0 Å². The monoisotopic (exact) mass is 358 g/mol. The Labute approximate surface area is 141 Å². The Morgan fingerprint density at radius 2 is 2.04 bits per heavy atom. The highest BCUT2D eigenvalue weighted by Gasteiger charge is 2.66. The maximum Gasteiger partial charge on any atom is 0.471 e. The Morgan fingerprint density at radius 1 is 1.36 bits per heavy atom. The fourth-order valence-corrected chi connectivity index (χ4v) is 4.02. The molecular formula is C16H17F3N2O4. The summed E-state index contributed by atoms with van der Waals surface area (Å²) in [7, 11) is 1.28. The SMILES string of the molecule is CN1C(=O)[C@]2(CCCN2C(=O)C(F)(F)F)[C@@H](c2cccc(O)c2)[C@@H]1O. The van der Waals surface area contributed by atoms with Crippen LogP contribution < -0.4 is 0 Å². The van der Waals surface area contributed by atoms with Gasteiger partial charge in [-0.1, -0.05) is 12.1 Å². The van der Waals surface area contributed by atoms with Gasteiger partial charge < -0.3 is 20.0 Å². The number of likely N-dealkylation sites (N-methyl/N-ethyl adjacent to an activating group) is 1. The number of benzene rings is 1. The number of alkyl halides is 3. The van der Waals surface area contributed by atoms with Crippen LogP contribution in [0, 0.1) is 0 Å². The molecule has 2 saturated heterocycles. The Balaban J connectivity index is 2.15. The van der Waals surface area contributed by atoms with Crippen LogP contribution in [0.15, 0.2) is 24.3 Å². The van der Waals surface area contributed by atoms with Crippen molar-refractivity contribution in [2.45, 2.75) is 36.7 Å². The molecule has 2 heterocycles. The summed E-state index contributed by atoms with van der Waals surface area (Å²) in [5.74, 6) is -4.06. The minimum absolute atomic E-state index is 0.00930. The molecule has 3 rings (SSSR count). The predicted molar refractivity (Wildman–Crippen MR) is 79.4 cm³/mol. The van der Waals surface area contributed by atoms with Crippen LogP contribution in [0.5, 0.6) is 5.75 Å². The van der Waals surface area contributed by atoms with E-state index in [0.29, 0.717) is 10.5 Å². The number of aromatic hydroxyl groups is 1. The highest BCUT2D eigenvalue weighted by molar-refractivity contribution is 5.96. The summed E-state index contributed by atoms with van der Waals surface area (Å²) in [6, 6.07) is 5.64. The molecule has 1 aromatic carbocycles. The van der Waals surface area contributed by atoms with Crippen LogP contribution in [-0.4, -0.2) is 63.4 Å². The molecule has 0 aromatic heterocycles. The molecule has 2 aliphatic rings. The average Bonchev–Trinajstić information content (AvgIpc) is 3.03. The fourth-order valence-electron chi connectivity index (χ4n) is 4.02. The number of hydrogen-bond donors (Lipinski definition) is 2. The first-order valence-corrected chi connectivity index (χ1v) is 7.74. The van der Waals surface area contributed by atoms with Gasteiger partial charge in [-0.2, -0.15) is 13.2 Å². The molecule has 1 aromatic rings. The van der Waals surface area contributed by atoms with Crippen molar-refractivity contribution in [3.05, 3.63) is 29.8 Å². The Kier molecular flexibility index (Phi) is 3.94. The number of aliphatic hydroxyl groups is 1. The van der Waals surface area contributed by atoms with E-state index in [0.717, 1.165) is 4.90 Å². The number of aliphatic hydroxyl groups excluding tert-OH is 1. The van der Waals surface area contributed by atoms with Gasteiger partial charge in [-0.25, -0.2) is 0 Å². The highest BCUT2D eigenvalue weighted by atomic mass is 19.4. The molecule has 0 bridgehead atoms. The molecule has 136 valence electrons. The number of likely N-dealkylation sites (tertiary alicyclic amines) is 2. The minimum Gasteiger partial charge on any atom is -0.508 e. The van der Waals surface area contributed by atoms with Gasteiger partial charge in [0, 0.05) is 13.6 Å². The fraction of sp³-hybridized carbons (Fsp3) is 0.500. The number of phenolic OH excluding ortho intramolecular Hbond substituents is 1. The lowest BCUT2D eigenvalue weighted by atomic mass is 9.78. The van der Waals surface area contributed by atoms with Gasteiger partial charge in [-0.15, -0.1) is 0 Å². The smallest absolute Gasteiger partial charge is 0.471 e. The normalized spacial score (nSPS) is 29.7. The third kappa shape index (κ3) is 2.45. The number of phenols is 1. The summed E-state index contributed by atoms with van der Waals surface area (Å²) >= 11 is 0. The van der Waals surface area contributed by atoms with E-state index in [1.807, 2.05) is 0 Å². The third-order valence-corrected chi connectivity index (χ3v) is 5.04. The van der Waals surface area contributed by atoms with Crippen LogP contribution in [-0.2, 0) is 9.59 Å². The van der Waals surface area contributed by atoms with E-state index in [4.69, 9.17) is 0 Å². The van der Waals surface area contributed by atoms with Gasteiger partial charge in [0.2, 0.25) is 0 Å². The average molecular weight is 358 g/mol. The van der Waals surface area contributed by atoms with Gasteiger partial charge in [0.15, 0.2) is 0 Å². The first kappa shape index (κ1) is 17.5.